The molecule has 0 radical (unpaired) electrons. The van der Waals surface area contributed by atoms with E-state index in [9.17, 15) is 9.36 Å². The van der Waals surface area contributed by atoms with E-state index in [4.69, 9.17) is 36.7 Å². The highest BCUT2D eigenvalue weighted by Gasteiger charge is 2.28. The molecule has 0 aliphatic heterocycles. The molecule has 34 heavy (non-hydrogen) atoms. The van der Waals surface area contributed by atoms with Crippen LogP contribution in [0.3, 0.4) is 0 Å². The van der Waals surface area contributed by atoms with Crippen LogP contribution in [0.25, 0.3) is 11.3 Å². The quantitative estimate of drug-likeness (QED) is 0.237. The molecular weight excluding hydrogens is 498 g/mol. The number of anilines is 2. The van der Waals surface area contributed by atoms with Crippen molar-refractivity contribution in [2.24, 2.45) is 0 Å². The van der Waals surface area contributed by atoms with Crippen molar-refractivity contribution in [3.8, 4) is 11.3 Å². The molecule has 10 heteroatoms. The molecule has 0 aliphatic carbocycles. The van der Waals surface area contributed by atoms with Crippen molar-refractivity contribution in [1.82, 2.24) is 4.98 Å². The minimum absolute atomic E-state index is 0.0831. The van der Waals surface area contributed by atoms with Gasteiger partial charge in [0.05, 0.1) is 25.1 Å². The van der Waals surface area contributed by atoms with Gasteiger partial charge in [0.15, 0.2) is 0 Å². The molecule has 2 aromatic carbocycles. The molecule has 0 atom stereocenters. The maximum Gasteiger partial charge on any atom is 0.335 e. The second kappa shape index (κ2) is 12.0. The molecule has 0 N–H and O–H groups in total. The smallest absolute Gasteiger partial charge is 0.335 e. The highest BCUT2D eigenvalue weighted by Crippen LogP contribution is 2.51. The first kappa shape index (κ1) is 26.5. The summed E-state index contributed by atoms with van der Waals surface area (Å²) in [5, 5.41) is 0.492. The lowest BCUT2D eigenvalue weighted by atomic mass is 10.1. The Balaban J connectivity index is 1.99. The number of amides is 1. The molecule has 0 unspecified atom stereocenters. The maximum atomic E-state index is 13.2. The van der Waals surface area contributed by atoms with Crippen LogP contribution >= 0.6 is 30.8 Å². The number of nitrogens with zero attached hydrogens (tertiary/aromatic N) is 2. The summed E-state index contributed by atoms with van der Waals surface area (Å²) < 4.78 is 29.4. The first-order chi connectivity index (χ1) is 16.3. The van der Waals surface area contributed by atoms with Crippen molar-refractivity contribution >= 4 is 48.3 Å². The number of rotatable bonds is 11. The van der Waals surface area contributed by atoms with Gasteiger partial charge in [0, 0.05) is 17.0 Å². The number of oxazole rings is 1. The first-order valence-electron chi connectivity index (χ1n) is 11.0. The van der Waals surface area contributed by atoms with E-state index in [2.05, 4.69) is 4.98 Å². The Morgan fingerprint density at radius 1 is 1.00 bits per heavy atom. The van der Waals surface area contributed by atoms with Crippen molar-refractivity contribution in [2.45, 2.75) is 39.8 Å². The molecule has 0 bridgehead atoms. The largest absolute Gasteiger partial charge is 0.410 e. The molecule has 0 saturated carbocycles. The molecule has 3 aromatic rings. The maximum absolute atomic E-state index is 13.2. The first-order valence-corrected chi connectivity index (χ1v) is 13.5. The summed E-state index contributed by atoms with van der Waals surface area (Å²) in [5.74, 6) is 0.0420. The highest BCUT2D eigenvalue weighted by molar-refractivity contribution is 7.53. The summed E-state index contributed by atoms with van der Waals surface area (Å²) in [6, 6.07) is 14.1. The summed E-state index contributed by atoms with van der Waals surface area (Å²) in [5.41, 5.74) is 2.45. The average molecular weight is 525 g/mol. The van der Waals surface area contributed by atoms with Gasteiger partial charge in [-0.1, -0.05) is 42.8 Å². The van der Waals surface area contributed by atoms with Crippen LogP contribution in [0.4, 0.5) is 11.6 Å². The van der Waals surface area contributed by atoms with E-state index >= 15 is 0 Å². The third-order valence-electron chi connectivity index (χ3n) is 4.84. The molecule has 7 nitrogen and oxygen atoms in total. The Morgan fingerprint density at radius 2 is 1.62 bits per heavy atom. The molecule has 0 fully saturated rings. The Morgan fingerprint density at radius 3 is 2.18 bits per heavy atom. The van der Waals surface area contributed by atoms with Gasteiger partial charge in [-0.15, -0.1) is 0 Å². The van der Waals surface area contributed by atoms with Crippen LogP contribution in [0.2, 0.25) is 10.4 Å². The molecular formula is C24H27Cl2N2O5P. The number of hydrogen-bond donors (Lipinski definition) is 0. The Bertz CT molecular complexity index is 1140. The lowest BCUT2D eigenvalue weighted by molar-refractivity contribution is -0.118. The summed E-state index contributed by atoms with van der Waals surface area (Å²) in [7, 11) is -3.25. The van der Waals surface area contributed by atoms with E-state index in [1.54, 1.807) is 62.4 Å². The second-order valence-corrected chi connectivity index (χ2v) is 10.2. The van der Waals surface area contributed by atoms with E-state index in [1.165, 1.54) is 4.90 Å². The number of aromatic nitrogens is 1. The van der Waals surface area contributed by atoms with E-state index in [0.717, 1.165) is 5.56 Å². The average Bonchev–Trinajstić information content (AvgIpc) is 3.17. The highest BCUT2D eigenvalue weighted by atomic mass is 35.5. The third kappa shape index (κ3) is 6.49. The number of halogens is 2. The molecule has 1 heterocycles. The number of carbonyl (C=O) groups is 1. The van der Waals surface area contributed by atoms with Gasteiger partial charge in [0.1, 0.15) is 5.69 Å². The van der Waals surface area contributed by atoms with Crippen molar-refractivity contribution in [1.29, 1.82) is 0 Å². The number of carbonyl (C=O) groups excluding carboxylic acids is 1. The van der Waals surface area contributed by atoms with E-state index in [0.29, 0.717) is 34.8 Å². The van der Waals surface area contributed by atoms with Crippen LogP contribution in [-0.4, -0.2) is 24.1 Å². The predicted molar refractivity (Wildman–Crippen MR) is 135 cm³/mol. The van der Waals surface area contributed by atoms with Crippen LogP contribution in [0, 0.1) is 0 Å². The topological polar surface area (TPSA) is 81.9 Å². The van der Waals surface area contributed by atoms with E-state index in [1.807, 2.05) is 6.92 Å². The number of hydrogen-bond acceptors (Lipinski definition) is 6. The standard InChI is InChI=1S/C24H27Cl2N2O5P/c1-4-7-21(29)28(23-22(27-24(26)33-23)18-10-12-19(25)13-11-18)20-14-8-17(9-15-20)16-34(30,31-5-2)32-6-3/h8-15H,4-7,16H2,1-3H3. The normalized spacial score (nSPS) is 11.6. The minimum atomic E-state index is -3.25. The molecule has 0 spiro atoms. The van der Waals surface area contributed by atoms with Gasteiger partial charge in [0.2, 0.25) is 11.8 Å². The van der Waals surface area contributed by atoms with Crippen molar-refractivity contribution in [3.63, 3.8) is 0 Å². The number of benzene rings is 2. The lowest BCUT2D eigenvalue weighted by Crippen LogP contribution is -2.25. The van der Waals surface area contributed by atoms with Gasteiger partial charge < -0.3 is 13.5 Å². The van der Waals surface area contributed by atoms with Crippen LogP contribution in [0.15, 0.2) is 52.9 Å². The van der Waals surface area contributed by atoms with Gasteiger partial charge in [-0.3, -0.25) is 9.36 Å². The van der Waals surface area contributed by atoms with Gasteiger partial charge in [-0.25, -0.2) is 4.90 Å². The summed E-state index contributed by atoms with van der Waals surface area (Å²) >= 11 is 12.1. The van der Waals surface area contributed by atoms with Crippen molar-refractivity contribution in [3.05, 3.63) is 64.5 Å². The summed E-state index contributed by atoms with van der Waals surface area (Å²) in [4.78, 5) is 18.9. The summed E-state index contributed by atoms with van der Waals surface area (Å²) in [6.45, 7) is 6.04. The Hall–Kier alpha value is -2.15. The second-order valence-electron chi connectivity index (χ2n) is 7.38. The molecule has 0 aliphatic rings. The van der Waals surface area contributed by atoms with Crippen molar-refractivity contribution in [2.75, 3.05) is 18.1 Å². The minimum Gasteiger partial charge on any atom is -0.410 e. The zero-order chi connectivity index (χ0) is 24.7. The van der Waals surface area contributed by atoms with Crippen LogP contribution in [0.1, 0.15) is 39.2 Å². The molecule has 0 saturated heterocycles. The SMILES string of the molecule is CCCC(=O)N(c1ccc(CP(=O)(OCC)OCC)cc1)c1oc(Cl)nc1-c1ccc(Cl)cc1. The van der Waals surface area contributed by atoms with E-state index < -0.39 is 7.60 Å². The fourth-order valence-electron chi connectivity index (χ4n) is 3.43. The van der Waals surface area contributed by atoms with Gasteiger partial charge in [-0.2, -0.15) is 4.98 Å². The predicted octanol–water partition coefficient (Wildman–Crippen LogP) is 7.88. The third-order valence-corrected chi connectivity index (χ3v) is 7.31. The molecule has 3 rings (SSSR count). The monoisotopic (exact) mass is 524 g/mol. The van der Waals surface area contributed by atoms with Crippen LogP contribution in [-0.2, 0) is 24.6 Å². The Kier molecular flexibility index (Phi) is 9.34. The fraction of sp³-hybridized carbons (Fsp3) is 0.333. The van der Waals surface area contributed by atoms with E-state index in [-0.39, 0.29) is 36.5 Å². The van der Waals surface area contributed by atoms with Crippen LogP contribution < -0.4 is 4.90 Å². The van der Waals surface area contributed by atoms with Crippen molar-refractivity contribution < 1.29 is 22.8 Å². The molecule has 182 valence electrons. The Labute approximate surface area is 209 Å². The summed E-state index contributed by atoms with van der Waals surface area (Å²) in [6.07, 6.45) is 1.07. The lowest BCUT2D eigenvalue weighted by Gasteiger charge is -2.22. The zero-order valence-corrected chi connectivity index (χ0v) is 21.7. The van der Waals surface area contributed by atoms with Gasteiger partial charge in [-0.05, 0) is 61.7 Å². The molecule has 1 aromatic heterocycles. The zero-order valence-electron chi connectivity index (χ0n) is 19.3. The van der Waals surface area contributed by atoms with Crippen LogP contribution in [0.5, 0.6) is 0 Å². The van der Waals surface area contributed by atoms with Gasteiger partial charge >= 0.3 is 7.60 Å². The van der Waals surface area contributed by atoms with Gasteiger partial charge in [0.25, 0.3) is 5.35 Å². The fourth-order valence-corrected chi connectivity index (χ4v) is 5.42. The molecule has 1 amide bonds.